The Morgan fingerprint density at radius 3 is 2.83 bits per heavy atom. The third-order valence-electron chi connectivity index (χ3n) is 2.45. The van der Waals surface area contributed by atoms with Crippen LogP contribution < -0.4 is 5.32 Å². The van der Waals surface area contributed by atoms with E-state index in [9.17, 15) is 4.79 Å². The average molecular weight is 256 g/mol. The van der Waals surface area contributed by atoms with Crippen molar-refractivity contribution in [2.45, 2.75) is 39.4 Å². The van der Waals surface area contributed by atoms with E-state index in [1.807, 2.05) is 13.8 Å². The summed E-state index contributed by atoms with van der Waals surface area (Å²) in [5, 5.41) is 28.4. The smallest absolute Gasteiger partial charge is 0.320 e. The second-order valence-electron chi connectivity index (χ2n) is 4.60. The number of aliphatic carboxylic acids is 1. The van der Waals surface area contributed by atoms with Gasteiger partial charge in [0.25, 0.3) is 0 Å². The molecule has 0 radical (unpaired) electrons. The first-order valence-corrected chi connectivity index (χ1v) is 5.99. The van der Waals surface area contributed by atoms with Crippen molar-refractivity contribution in [2.24, 2.45) is 5.92 Å². The van der Waals surface area contributed by atoms with Crippen LogP contribution in [0.1, 0.15) is 26.0 Å². The zero-order valence-electron chi connectivity index (χ0n) is 10.7. The van der Waals surface area contributed by atoms with E-state index in [1.165, 1.54) is 4.68 Å². The van der Waals surface area contributed by atoms with Crippen LogP contribution >= 0.6 is 0 Å². The molecule has 0 aliphatic heterocycles. The first-order chi connectivity index (χ1) is 8.52. The Balaban J connectivity index is 2.47. The summed E-state index contributed by atoms with van der Waals surface area (Å²) in [6, 6.07) is -0.576. The van der Waals surface area contributed by atoms with Crippen LogP contribution in [-0.2, 0) is 17.9 Å². The van der Waals surface area contributed by atoms with Crippen molar-refractivity contribution >= 4 is 5.97 Å². The van der Waals surface area contributed by atoms with Crippen molar-refractivity contribution in [2.75, 3.05) is 6.61 Å². The molecule has 7 nitrogen and oxygen atoms in total. The number of carboxylic acid groups (broad SMARTS) is 1. The Hall–Kier alpha value is -1.47. The first kappa shape index (κ1) is 14.6. The molecule has 0 bridgehead atoms. The Morgan fingerprint density at radius 1 is 1.56 bits per heavy atom. The number of nitrogens with zero attached hydrogens (tertiary/aromatic N) is 3. The normalized spacial score (nSPS) is 12.9. The lowest BCUT2D eigenvalue weighted by Gasteiger charge is -2.15. The fourth-order valence-corrected chi connectivity index (χ4v) is 1.60. The average Bonchev–Trinajstić information content (AvgIpc) is 2.72. The Morgan fingerprint density at radius 2 is 2.28 bits per heavy atom. The van der Waals surface area contributed by atoms with Gasteiger partial charge in [-0.15, -0.1) is 5.10 Å². The molecular formula is C11H20N4O3. The van der Waals surface area contributed by atoms with Gasteiger partial charge >= 0.3 is 5.97 Å². The lowest BCUT2D eigenvalue weighted by atomic mass is 10.0. The molecule has 1 aromatic rings. The summed E-state index contributed by atoms with van der Waals surface area (Å²) in [4.78, 5) is 11.0. The van der Waals surface area contributed by atoms with Crippen molar-refractivity contribution in [1.29, 1.82) is 0 Å². The number of aliphatic hydroxyl groups excluding tert-OH is 1. The third-order valence-corrected chi connectivity index (χ3v) is 2.45. The number of nitrogens with one attached hydrogen (secondary N) is 1. The molecule has 0 aliphatic rings. The lowest BCUT2D eigenvalue weighted by Crippen LogP contribution is -2.37. The summed E-state index contributed by atoms with van der Waals surface area (Å²) in [6.45, 7) is 4.71. The molecule has 3 N–H and O–H groups in total. The van der Waals surface area contributed by atoms with E-state index >= 15 is 0 Å². The Bertz CT molecular complexity index is 378. The van der Waals surface area contributed by atoms with E-state index in [-0.39, 0.29) is 6.61 Å². The van der Waals surface area contributed by atoms with Crippen LogP contribution in [0, 0.1) is 5.92 Å². The lowest BCUT2D eigenvalue weighted by molar-refractivity contribution is -0.140. The number of carbonyl (C=O) groups is 1. The highest BCUT2D eigenvalue weighted by atomic mass is 16.4. The molecule has 1 aromatic heterocycles. The summed E-state index contributed by atoms with van der Waals surface area (Å²) in [6.07, 6.45) is 2.26. The van der Waals surface area contributed by atoms with Crippen LogP contribution in [-0.4, -0.2) is 43.8 Å². The maximum absolute atomic E-state index is 11.0. The topological polar surface area (TPSA) is 100 Å². The van der Waals surface area contributed by atoms with E-state index in [1.54, 1.807) is 6.20 Å². The van der Waals surface area contributed by atoms with Gasteiger partial charge in [-0.25, -0.2) is 4.68 Å². The van der Waals surface area contributed by atoms with Crippen LogP contribution in [0.2, 0.25) is 0 Å². The van der Waals surface area contributed by atoms with Gasteiger partial charge in [-0.3, -0.25) is 10.1 Å². The van der Waals surface area contributed by atoms with Crippen molar-refractivity contribution in [3.05, 3.63) is 11.9 Å². The summed E-state index contributed by atoms with van der Waals surface area (Å²) < 4.78 is 1.52. The van der Waals surface area contributed by atoms with Gasteiger partial charge in [0.05, 0.1) is 18.8 Å². The standard InChI is InChI=1S/C11H20N4O3/c1-8(2)5-10(11(17)18)12-6-9-7-15(3-4-16)14-13-9/h7-8,10,12,16H,3-6H2,1-2H3,(H,17,18). The van der Waals surface area contributed by atoms with E-state index in [4.69, 9.17) is 10.2 Å². The van der Waals surface area contributed by atoms with E-state index in [2.05, 4.69) is 15.6 Å². The number of carboxylic acids is 1. The fraction of sp³-hybridized carbons (Fsp3) is 0.727. The SMILES string of the molecule is CC(C)CC(NCc1cn(CCO)nn1)C(=O)O. The number of aliphatic hydroxyl groups is 1. The van der Waals surface area contributed by atoms with Gasteiger partial charge in [0.1, 0.15) is 6.04 Å². The molecule has 1 atom stereocenters. The maximum Gasteiger partial charge on any atom is 0.320 e. The molecule has 0 amide bonds. The minimum atomic E-state index is -0.855. The molecule has 0 aliphatic carbocycles. The number of hydrogen-bond donors (Lipinski definition) is 3. The van der Waals surface area contributed by atoms with Gasteiger partial charge in [0.15, 0.2) is 0 Å². The minimum absolute atomic E-state index is 0.00132. The van der Waals surface area contributed by atoms with Crippen molar-refractivity contribution in [1.82, 2.24) is 20.3 Å². The molecule has 1 unspecified atom stereocenters. The minimum Gasteiger partial charge on any atom is -0.480 e. The second-order valence-corrected chi connectivity index (χ2v) is 4.60. The molecule has 1 rings (SSSR count). The highest BCUT2D eigenvalue weighted by Crippen LogP contribution is 2.05. The van der Waals surface area contributed by atoms with Crippen LogP contribution in [0.3, 0.4) is 0 Å². The highest BCUT2D eigenvalue weighted by Gasteiger charge is 2.18. The van der Waals surface area contributed by atoms with Gasteiger partial charge < -0.3 is 10.2 Å². The monoisotopic (exact) mass is 256 g/mol. The number of aromatic nitrogens is 3. The van der Waals surface area contributed by atoms with Crippen LogP contribution in [0.15, 0.2) is 6.20 Å². The predicted molar refractivity (Wildman–Crippen MR) is 64.8 cm³/mol. The number of hydrogen-bond acceptors (Lipinski definition) is 5. The zero-order chi connectivity index (χ0) is 13.5. The van der Waals surface area contributed by atoms with Gasteiger partial charge in [0, 0.05) is 12.7 Å². The van der Waals surface area contributed by atoms with E-state index in [0.717, 1.165) is 0 Å². The quantitative estimate of drug-likeness (QED) is 0.598. The van der Waals surface area contributed by atoms with Gasteiger partial charge in [0.2, 0.25) is 0 Å². The molecule has 0 saturated heterocycles. The molecular weight excluding hydrogens is 236 g/mol. The molecule has 0 saturated carbocycles. The molecule has 7 heteroatoms. The summed E-state index contributed by atoms with van der Waals surface area (Å²) in [7, 11) is 0. The van der Waals surface area contributed by atoms with Gasteiger partial charge in [-0.1, -0.05) is 19.1 Å². The zero-order valence-corrected chi connectivity index (χ0v) is 10.7. The fourth-order valence-electron chi connectivity index (χ4n) is 1.60. The molecule has 0 spiro atoms. The summed E-state index contributed by atoms with van der Waals surface area (Å²) in [5.41, 5.74) is 0.665. The molecule has 18 heavy (non-hydrogen) atoms. The molecule has 0 aromatic carbocycles. The van der Waals surface area contributed by atoms with Crippen LogP contribution in [0.4, 0.5) is 0 Å². The second kappa shape index (κ2) is 7.07. The first-order valence-electron chi connectivity index (χ1n) is 5.99. The Kier molecular flexibility index (Phi) is 5.73. The third kappa shape index (κ3) is 4.80. The van der Waals surface area contributed by atoms with E-state index in [0.29, 0.717) is 31.1 Å². The van der Waals surface area contributed by atoms with Crippen LogP contribution in [0.5, 0.6) is 0 Å². The van der Waals surface area contributed by atoms with Crippen LogP contribution in [0.25, 0.3) is 0 Å². The van der Waals surface area contributed by atoms with Crippen molar-refractivity contribution in [3.8, 4) is 0 Å². The molecule has 1 heterocycles. The number of rotatable bonds is 8. The van der Waals surface area contributed by atoms with Gasteiger partial charge in [-0.05, 0) is 12.3 Å². The molecule has 102 valence electrons. The summed E-state index contributed by atoms with van der Waals surface area (Å²) >= 11 is 0. The largest absolute Gasteiger partial charge is 0.480 e. The predicted octanol–water partition coefficient (Wildman–Crippen LogP) is -0.141. The maximum atomic E-state index is 11.0. The summed E-state index contributed by atoms with van der Waals surface area (Å²) in [5.74, 6) is -0.546. The Labute approximate surface area is 106 Å². The highest BCUT2D eigenvalue weighted by molar-refractivity contribution is 5.73. The molecule has 0 fully saturated rings. The van der Waals surface area contributed by atoms with E-state index < -0.39 is 12.0 Å². The van der Waals surface area contributed by atoms with Gasteiger partial charge in [-0.2, -0.15) is 0 Å². The van der Waals surface area contributed by atoms with Crippen molar-refractivity contribution in [3.63, 3.8) is 0 Å². The van der Waals surface area contributed by atoms with Crippen molar-refractivity contribution < 1.29 is 15.0 Å².